The Labute approximate surface area is 111 Å². The molecular weight excluding hydrogens is 248 g/mol. The Morgan fingerprint density at radius 1 is 1.21 bits per heavy atom. The molecule has 0 saturated carbocycles. The van der Waals surface area contributed by atoms with E-state index in [2.05, 4.69) is 5.32 Å². The third kappa shape index (κ3) is 2.84. The fraction of sp³-hybridized carbons (Fsp3) is 0.333. The van der Waals surface area contributed by atoms with Gasteiger partial charge in [0.2, 0.25) is 0 Å². The number of halogens is 2. The lowest BCUT2D eigenvalue weighted by molar-refractivity contribution is 0.488. The minimum Gasteiger partial charge on any atom is -0.469 e. The molecule has 0 bridgehead atoms. The van der Waals surface area contributed by atoms with E-state index in [1.54, 1.807) is 13.0 Å². The summed E-state index contributed by atoms with van der Waals surface area (Å²) < 4.78 is 33.1. The number of nitrogens with one attached hydrogen (secondary N) is 1. The van der Waals surface area contributed by atoms with Crippen molar-refractivity contribution >= 4 is 0 Å². The highest BCUT2D eigenvalue weighted by Crippen LogP contribution is 2.29. The Morgan fingerprint density at radius 2 is 1.89 bits per heavy atom. The van der Waals surface area contributed by atoms with E-state index in [0.29, 0.717) is 12.3 Å². The summed E-state index contributed by atoms with van der Waals surface area (Å²) in [5, 5.41) is 3.17. The maximum Gasteiger partial charge on any atom is 0.131 e. The Kier molecular flexibility index (Phi) is 4.32. The van der Waals surface area contributed by atoms with Crippen LogP contribution in [0.3, 0.4) is 0 Å². The maximum atomic E-state index is 13.9. The topological polar surface area (TPSA) is 25.2 Å². The SMILES string of the molecule is CCCNC(c1ccoc1C)c1c(F)cccc1F. The molecule has 0 aliphatic heterocycles. The molecule has 1 aromatic carbocycles. The van der Waals surface area contributed by atoms with Gasteiger partial charge in [0.1, 0.15) is 17.4 Å². The lowest BCUT2D eigenvalue weighted by Gasteiger charge is -2.19. The van der Waals surface area contributed by atoms with Gasteiger partial charge in [0.05, 0.1) is 12.3 Å². The van der Waals surface area contributed by atoms with Crippen LogP contribution in [-0.2, 0) is 0 Å². The van der Waals surface area contributed by atoms with Crippen molar-refractivity contribution in [1.29, 1.82) is 0 Å². The van der Waals surface area contributed by atoms with Gasteiger partial charge in [-0.15, -0.1) is 0 Å². The van der Waals surface area contributed by atoms with Crippen LogP contribution in [-0.4, -0.2) is 6.54 Å². The number of furan rings is 1. The predicted octanol–water partition coefficient (Wildman–Crippen LogP) is 3.96. The fourth-order valence-corrected chi connectivity index (χ4v) is 2.14. The molecule has 1 heterocycles. The molecule has 4 heteroatoms. The summed E-state index contributed by atoms with van der Waals surface area (Å²) in [6.45, 7) is 4.46. The highest BCUT2D eigenvalue weighted by atomic mass is 19.1. The maximum absolute atomic E-state index is 13.9. The van der Waals surface area contributed by atoms with Crippen molar-refractivity contribution < 1.29 is 13.2 Å². The van der Waals surface area contributed by atoms with Gasteiger partial charge in [-0.1, -0.05) is 13.0 Å². The van der Waals surface area contributed by atoms with E-state index in [1.807, 2.05) is 6.92 Å². The Balaban J connectivity index is 2.46. The molecule has 0 amide bonds. The van der Waals surface area contributed by atoms with E-state index in [9.17, 15) is 8.78 Å². The minimum atomic E-state index is -0.547. The summed E-state index contributed by atoms with van der Waals surface area (Å²) in [6, 6.07) is 5.13. The van der Waals surface area contributed by atoms with Crippen molar-refractivity contribution in [1.82, 2.24) is 5.32 Å². The molecule has 2 rings (SSSR count). The molecule has 0 fully saturated rings. The third-order valence-corrected chi connectivity index (χ3v) is 3.10. The molecule has 0 spiro atoms. The molecule has 1 unspecified atom stereocenters. The van der Waals surface area contributed by atoms with Crippen LogP contribution in [0.2, 0.25) is 0 Å². The minimum absolute atomic E-state index is 0.0421. The molecule has 1 atom stereocenters. The molecule has 2 aromatic rings. The first-order valence-electron chi connectivity index (χ1n) is 6.36. The van der Waals surface area contributed by atoms with Crippen molar-refractivity contribution in [3.05, 3.63) is 59.1 Å². The molecule has 102 valence electrons. The van der Waals surface area contributed by atoms with E-state index in [-0.39, 0.29) is 5.56 Å². The number of hydrogen-bond acceptors (Lipinski definition) is 2. The van der Waals surface area contributed by atoms with Crippen LogP contribution in [0.1, 0.15) is 36.3 Å². The summed E-state index contributed by atoms with van der Waals surface area (Å²) in [5.74, 6) is -0.431. The summed E-state index contributed by atoms with van der Waals surface area (Å²) in [7, 11) is 0. The quantitative estimate of drug-likeness (QED) is 0.885. The van der Waals surface area contributed by atoms with Crippen LogP contribution in [0.25, 0.3) is 0 Å². The van der Waals surface area contributed by atoms with Crippen LogP contribution in [0.4, 0.5) is 8.78 Å². The molecule has 1 aromatic heterocycles. The first-order chi connectivity index (χ1) is 9.15. The van der Waals surface area contributed by atoms with Gasteiger partial charge in [0.15, 0.2) is 0 Å². The molecule has 0 saturated heterocycles. The molecule has 19 heavy (non-hydrogen) atoms. The molecule has 1 N–H and O–H groups in total. The second kappa shape index (κ2) is 5.97. The molecule has 2 nitrogen and oxygen atoms in total. The summed E-state index contributed by atoms with van der Waals surface area (Å²) in [6.07, 6.45) is 2.41. The lowest BCUT2D eigenvalue weighted by atomic mass is 9.98. The normalized spacial score (nSPS) is 12.6. The van der Waals surface area contributed by atoms with E-state index >= 15 is 0 Å². The predicted molar refractivity (Wildman–Crippen MR) is 69.9 cm³/mol. The fourth-order valence-electron chi connectivity index (χ4n) is 2.14. The van der Waals surface area contributed by atoms with Gasteiger partial charge in [0.25, 0.3) is 0 Å². The first kappa shape index (κ1) is 13.7. The van der Waals surface area contributed by atoms with Gasteiger partial charge in [-0.05, 0) is 38.1 Å². The van der Waals surface area contributed by atoms with Gasteiger partial charge in [-0.2, -0.15) is 0 Å². The molecule has 0 aliphatic carbocycles. The largest absolute Gasteiger partial charge is 0.469 e. The summed E-state index contributed by atoms with van der Waals surface area (Å²) in [4.78, 5) is 0. The van der Waals surface area contributed by atoms with E-state index < -0.39 is 17.7 Å². The average molecular weight is 265 g/mol. The zero-order chi connectivity index (χ0) is 13.8. The van der Waals surface area contributed by atoms with E-state index in [1.165, 1.54) is 24.5 Å². The van der Waals surface area contributed by atoms with Crippen LogP contribution in [0.5, 0.6) is 0 Å². The zero-order valence-electron chi connectivity index (χ0n) is 11.0. The van der Waals surface area contributed by atoms with Gasteiger partial charge in [-0.25, -0.2) is 8.78 Å². The Hall–Kier alpha value is -1.68. The van der Waals surface area contributed by atoms with Crippen LogP contribution >= 0.6 is 0 Å². The van der Waals surface area contributed by atoms with E-state index in [4.69, 9.17) is 4.42 Å². The number of rotatable bonds is 5. The van der Waals surface area contributed by atoms with E-state index in [0.717, 1.165) is 12.0 Å². The standard InChI is InChI=1S/C15H17F2NO/c1-3-8-18-15(11-7-9-19-10(11)2)14-12(16)5-4-6-13(14)17/h4-7,9,15,18H,3,8H2,1-2H3. The molecule has 0 aliphatic rings. The van der Waals surface area contributed by atoms with Crippen LogP contribution < -0.4 is 5.32 Å². The van der Waals surface area contributed by atoms with Crippen molar-refractivity contribution in [3.63, 3.8) is 0 Å². The highest BCUT2D eigenvalue weighted by Gasteiger charge is 2.23. The van der Waals surface area contributed by atoms with Crippen molar-refractivity contribution in [3.8, 4) is 0 Å². The lowest BCUT2D eigenvalue weighted by Crippen LogP contribution is -2.25. The zero-order valence-corrected chi connectivity index (χ0v) is 11.0. The summed E-state index contributed by atoms with van der Waals surface area (Å²) in [5.41, 5.74) is 0.804. The third-order valence-electron chi connectivity index (χ3n) is 3.10. The van der Waals surface area contributed by atoms with Gasteiger partial charge in [-0.3, -0.25) is 0 Å². The Bertz CT molecular complexity index is 531. The number of aryl methyl sites for hydroxylation is 1. The average Bonchev–Trinajstić information content (AvgIpc) is 2.79. The highest BCUT2D eigenvalue weighted by molar-refractivity contribution is 5.34. The summed E-state index contributed by atoms with van der Waals surface area (Å²) >= 11 is 0. The van der Waals surface area contributed by atoms with Gasteiger partial charge in [0, 0.05) is 11.1 Å². The second-order valence-electron chi connectivity index (χ2n) is 4.45. The monoisotopic (exact) mass is 265 g/mol. The molecular formula is C15H17F2NO. The van der Waals surface area contributed by atoms with Gasteiger partial charge < -0.3 is 9.73 Å². The van der Waals surface area contributed by atoms with Crippen molar-refractivity contribution in [2.24, 2.45) is 0 Å². The van der Waals surface area contributed by atoms with Crippen LogP contribution in [0, 0.1) is 18.6 Å². The second-order valence-corrected chi connectivity index (χ2v) is 4.45. The number of hydrogen-bond donors (Lipinski definition) is 1. The molecule has 0 radical (unpaired) electrons. The van der Waals surface area contributed by atoms with Crippen LogP contribution in [0.15, 0.2) is 34.9 Å². The van der Waals surface area contributed by atoms with Crippen molar-refractivity contribution in [2.45, 2.75) is 26.3 Å². The smallest absolute Gasteiger partial charge is 0.131 e. The van der Waals surface area contributed by atoms with Gasteiger partial charge >= 0.3 is 0 Å². The van der Waals surface area contributed by atoms with Crippen molar-refractivity contribution in [2.75, 3.05) is 6.54 Å². The first-order valence-corrected chi connectivity index (χ1v) is 6.36. The number of benzene rings is 1. The Morgan fingerprint density at radius 3 is 2.42 bits per heavy atom.